The number of fused-ring (bicyclic) bond motifs is 3. The van der Waals surface area contributed by atoms with Crippen LogP contribution in [0.1, 0.15) is 38.5 Å². The second-order valence-corrected chi connectivity index (χ2v) is 9.07. The number of hydrogen-bond donors (Lipinski definition) is 1. The minimum Gasteiger partial charge on any atom is -0.398 e. The molecule has 2 unspecified atom stereocenters. The molecule has 24 heavy (non-hydrogen) atoms. The molecule has 1 aliphatic heterocycles. The predicted octanol–water partition coefficient (Wildman–Crippen LogP) is 3.77. The lowest BCUT2D eigenvalue weighted by Crippen LogP contribution is -2.41. The lowest BCUT2D eigenvalue weighted by Gasteiger charge is -2.33. The van der Waals surface area contributed by atoms with Gasteiger partial charge in [0.05, 0.1) is 4.90 Å². The third kappa shape index (κ3) is 2.70. The quantitative estimate of drug-likeness (QED) is 0.844. The van der Waals surface area contributed by atoms with Gasteiger partial charge in [0.15, 0.2) is 0 Å². The van der Waals surface area contributed by atoms with Gasteiger partial charge in [0.1, 0.15) is 0 Å². The molecule has 4 nitrogen and oxygen atoms in total. The second kappa shape index (κ2) is 6.05. The van der Waals surface area contributed by atoms with Gasteiger partial charge in [0.25, 0.3) is 0 Å². The minimum atomic E-state index is -3.45. The van der Waals surface area contributed by atoms with Gasteiger partial charge in [0.2, 0.25) is 10.0 Å². The van der Waals surface area contributed by atoms with Gasteiger partial charge >= 0.3 is 0 Å². The van der Waals surface area contributed by atoms with Crippen LogP contribution in [0.2, 0.25) is 0 Å². The highest BCUT2D eigenvalue weighted by molar-refractivity contribution is 7.89. The van der Waals surface area contributed by atoms with Crippen LogP contribution >= 0.6 is 0 Å². The number of anilines is 1. The highest BCUT2D eigenvalue weighted by atomic mass is 32.2. The van der Waals surface area contributed by atoms with Crippen LogP contribution in [0.15, 0.2) is 41.3 Å². The normalized spacial score (nSPS) is 25.5. The van der Waals surface area contributed by atoms with E-state index in [-0.39, 0.29) is 6.04 Å². The zero-order valence-electron chi connectivity index (χ0n) is 13.8. The van der Waals surface area contributed by atoms with Gasteiger partial charge < -0.3 is 5.73 Å². The maximum Gasteiger partial charge on any atom is 0.243 e. The van der Waals surface area contributed by atoms with Crippen molar-refractivity contribution in [2.24, 2.45) is 5.92 Å². The molecular weight excluding hydrogens is 320 g/mol. The van der Waals surface area contributed by atoms with Crippen molar-refractivity contribution in [2.75, 3.05) is 12.3 Å². The molecule has 2 bridgehead atoms. The summed E-state index contributed by atoms with van der Waals surface area (Å²) in [7, 11) is -3.45. The number of nitrogen functional groups attached to an aromatic ring is 1. The minimum absolute atomic E-state index is 0.174. The number of benzene rings is 2. The van der Waals surface area contributed by atoms with E-state index in [1.807, 2.05) is 24.3 Å². The standard InChI is InChI=1S/C19H24N2O2S/c20-19-8-2-6-15-13-17(9-10-18(15)19)24(22,23)21-11-3-5-14-4-1-7-16(21)12-14/h2,6,8-10,13-14,16H,1,3-5,7,11-12,20H2. The Bertz CT molecular complexity index is 863. The molecule has 4 rings (SSSR count). The van der Waals surface area contributed by atoms with E-state index in [9.17, 15) is 8.42 Å². The lowest BCUT2D eigenvalue weighted by molar-refractivity contribution is 0.238. The molecule has 0 amide bonds. The van der Waals surface area contributed by atoms with Crippen LogP contribution in [0.25, 0.3) is 10.8 Å². The smallest absolute Gasteiger partial charge is 0.243 e. The number of nitrogens with two attached hydrogens (primary N) is 1. The first-order valence-corrected chi connectivity index (χ1v) is 10.3. The average molecular weight is 344 g/mol. The molecule has 2 fully saturated rings. The Hall–Kier alpha value is -1.59. The zero-order chi connectivity index (χ0) is 16.7. The molecule has 2 atom stereocenters. The highest BCUT2D eigenvalue weighted by Gasteiger charge is 2.36. The van der Waals surface area contributed by atoms with Crippen molar-refractivity contribution in [2.45, 2.75) is 49.5 Å². The van der Waals surface area contributed by atoms with Crippen molar-refractivity contribution in [1.82, 2.24) is 4.31 Å². The molecular formula is C19H24N2O2S. The molecule has 5 heteroatoms. The van der Waals surface area contributed by atoms with E-state index in [1.165, 1.54) is 6.42 Å². The Balaban J connectivity index is 1.74. The summed E-state index contributed by atoms with van der Waals surface area (Å²) in [5, 5.41) is 1.79. The summed E-state index contributed by atoms with van der Waals surface area (Å²) in [6.07, 6.45) is 6.57. The average Bonchev–Trinajstić information content (AvgIpc) is 2.73. The van der Waals surface area contributed by atoms with Gasteiger partial charge in [-0.15, -0.1) is 0 Å². The number of hydrogen-bond acceptors (Lipinski definition) is 3. The number of sulfonamides is 1. The molecule has 1 saturated carbocycles. The van der Waals surface area contributed by atoms with Crippen LogP contribution in [0.3, 0.4) is 0 Å². The SMILES string of the molecule is Nc1cccc2cc(S(=O)(=O)N3CCCC4CCCC3C4)ccc12. The summed E-state index contributed by atoms with van der Waals surface area (Å²) in [6, 6.07) is 11.1. The van der Waals surface area contributed by atoms with Crippen LogP contribution < -0.4 is 5.73 Å². The van der Waals surface area contributed by atoms with Gasteiger partial charge in [-0.25, -0.2) is 8.42 Å². The number of nitrogens with zero attached hydrogens (tertiary/aromatic N) is 1. The largest absolute Gasteiger partial charge is 0.398 e. The van der Waals surface area contributed by atoms with E-state index in [0.717, 1.165) is 42.9 Å². The summed E-state index contributed by atoms with van der Waals surface area (Å²) >= 11 is 0. The maximum absolute atomic E-state index is 13.3. The first-order valence-electron chi connectivity index (χ1n) is 8.86. The summed E-state index contributed by atoms with van der Waals surface area (Å²) < 4.78 is 28.3. The fourth-order valence-corrected chi connectivity index (χ4v) is 6.14. The first-order chi connectivity index (χ1) is 11.6. The molecule has 2 aliphatic rings. The van der Waals surface area contributed by atoms with Gasteiger partial charge in [-0.05, 0) is 55.2 Å². The molecule has 128 valence electrons. The van der Waals surface area contributed by atoms with E-state index in [0.29, 0.717) is 23.0 Å². The monoisotopic (exact) mass is 344 g/mol. The van der Waals surface area contributed by atoms with Crippen molar-refractivity contribution >= 4 is 26.5 Å². The summed E-state index contributed by atoms with van der Waals surface area (Å²) in [5.74, 6) is 0.709. The van der Waals surface area contributed by atoms with Crippen molar-refractivity contribution in [1.29, 1.82) is 0 Å². The second-order valence-electron chi connectivity index (χ2n) is 7.17. The molecule has 2 N–H and O–H groups in total. The molecule has 2 aromatic carbocycles. The zero-order valence-corrected chi connectivity index (χ0v) is 14.6. The highest BCUT2D eigenvalue weighted by Crippen LogP contribution is 2.37. The first kappa shape index (κ1) is 15.9. The van der Waals surface area contributed by atoms with Crippen molar-refractivity contribution in [3.05, 3.63) is 36.4 Å². The maximum atomic E-state index is 13.3. The van der Waals surface area contributed by atoms with E-state index >= 15 is 0 Å². The Kier molecular flexibility index (Phi) is 4.01. The Labute approximate surface area is 143 Å². The summed E-state index contributed by atoms with van der Waals surface area (Å²) in [6.45, 7) is 0.651. The Morgan fingerprint density at radius 1 is 1.04 bits per heavy atom. The van der Waals surface area contributed by atoms with Crippen molar-refractivity contribution < 1.29 is 8.42 Å². The third-order valence-corrected chi connectivity index (χ3v) is 7.59. The van der Waals surface area contributed by atoms with E-state index in [2.05, 4.69) is 0 Å². The van der Waals surface area contributed by atoms with Gasteiger partial charge in [-0.3, -0.25) is 0 Å². The van der Waals surface area contributed by atoms with Crippen LogP contribution in [-0.4, -0.2) is 25.3 Å². The van der Waals surface area contributed by atoms with Crippen LogP contribution in [-0.2, 0) is 10.0 Å². The molecule has 1 saturated heterocycles. The van der Waals surface area contributed by atoms with Crippen molar-refractivity contribution in [3.8, 4) is 0 Å². The fourth-order valence-electron chi connectivity index (χ4n) is 4.40. The van der Waals surface area contributed by atoms with E-state index < -0.39 is 10.0 Å². The van der Waals surface area contributed by atoms with Gasteiger partial charge in [-0.1, -0.05) is 31.0 Å². The Morgan fingerprint density at radius 2 is 1.88 bits per heavy atom. The molecule has 2 aromatic rings. The fraction of sp³-hybridized carbons (Fsp3) is 0.474. The molecule has 0 spiro atoms. The molecule has 0 aromatic heterocycles. The van der Waals surface area contributed by atoms with Crippen LogP contribution in [0.4, 0.5) is 5.69 Å². The van der Waals surface area contributed by atoms with E-state index in [1.54, 1.807) is 16.4 Å². The van der Waals surface area contributed by atoms with Crippen molar-refractivity contribution in [3.63, 3.8) is 0 Å². The summed E-state index contributed by atoms with van der Waals surface area (Å²) in [4.78, 5) is 0.393. The van der Waals surface area contributed by atoms with Crippen LogP contribution in [0.5, 0.6) is 0 Å². The topological polar surface area (TPSA) is 63.4 Å². The lowest BCUT2D eigenvalue weighted by atomic mass is 9.84. The molecule has 1 heterocycles. The van der Waals surface area contributed by atoms with E-state index in [4.69, 9.17) is 5.73 Å². The Morgan fingerprint density at radius 3 is 2.75 bits per heavy atom. The molecule has 0 radical (unpaired) electrons. The van der Waals surface area contributed by atoms with Gasteiger partial charge in [0, 0.05) is 23.7 Å². The molecule has 1 aliphatic carbocycles. The third-order valence-electron chi connectivity index (χ3n) is 5.65. The van der Waals surface area contributed by atoms with Crippen LogP contribution in [0, 0.1) is 5.92 Å². The summed E-state index contributed by atoms with van der Waals surface area (Å²) in [5.41, 5.74) is 6.67. The van der Waals surface area contributed by atoms with Gasteiger partial charge in [-0.2, -0.15) is 4.31 Å². The number of rotatable bonds is 2. The predicted molar refractivity (Wildman–Crippen MR) is 97.2 cm³/mol.